The van der Waals surface area contributed by atoms with Gasteiger partial charge in [0.1, 0.15) is 28.9 Å². The van der Waals surface area contributed by atoms with Crippen LogP contribution in [0.2, 0.25) is 18.1 Å². The molecule has 4 aromatic carbocycles. The molecule has 0 spiro atoms. The number of carbonyl (C=O) groups is 7. The summed E-state index contributed by atoms with van der Waals surface area (Å²) in [4.78, 5) is 92.4. The van der Waals surface area contributed by atoms with Crippen LogP contribution in [0.1, 0.15) is 238 Å². The van der Waals surface area contributed by atoms with Crippen LogP contribution in [-0.2, 0) is 31.6 Å². The Bertz CT molecular complexity index is 3120. The minimum absolute atomic E-state index is 0.0452. The van der Waals surface area contributed by atoms with Gasteiger partial charge in [-0.05, 0) is 214 Å². The molecule has 0 aliphatic heterocycles. The second-order valence-electron chi connectivity index (χ2n) is 28.0. The van der Waals surface area contributed by atoms with Crippen molar-refractivity contribution in [3.8, 4) is 0 Å². The number of benzene rings is 4. The third-order valence-electron chi connectivity index (χ3n) is 16.1. The zero-order valence-corrected chi connectivity index (χ0v) is 62.1. The molecule has 0 radical (unpaired) electrons. The Morgan fingerprint density at radius 2 is 0.897 bits per heavy atom. The molecule has 6 atom stereocenters. The summed E-state index contributed by atoms with van der Waals surface area (Å²) >= 11 is 0. The summed E-state index contributed by atoms with van der Waals surface area (Å²) in [6.45, 7) is 37.4. The topological polar surface area (TPSA) is 233 Å². The van der Waals surface area contributed by atoms with Gasteiger partial charge in [0.15, 0.2) is 8.32 Å². The van der Waals surface area contributed by atoms with Crippen LogP contribution in [0, 0.1) is 37.1 Å². The number of nitrogens with one attached hydrogen (secondary N) is 4. The van der Waals surface area contributed by atoms with Gasteiger partial charge in [0.25, 0.3) is 23.6 Å². The number of carboxylic acids is 1. The highest BCUT2D eigenvalue weighted by molar-refractivity contribution is 6.74. The lowest BCUT2D eigenvalue weighted by atomic mass is 9.95. The summed E-state index contributed by atoms with van der Waals surface area (Å²) in [6.07, 6.45) is 5.32. The predicted molar refractivity (Wildman–Crippen MR) is 378 cm³/mol. The van der Waals surface area contributed by atoms with Gasteiger partial charge in [-0.25, -0.2) is 22.4 Å². The van der Waals surface area contributed by atoms with E-state index in [1.165, 1.54) is 18.2 Å². The summed E-state index contributed by atoms with van der Waals surface area (Å²) in [5.41, 5.74) is 2.72. The number of hydrogen-bond donors (Lipinski definition) is 6. The molecular weight excluding hydrogens is 1260 g/mol. The van der Waals surface area contributed by atoms with Crippen LogP contribution in [0.4, 0.5) is 22.4 Å². The van der Waals surface area contributed by atoms with Gasteiger partial charge in [-0.3, -0.25) is 28.8 Å². The minimum Gasteiger partial charge on any atom is -0.481 e. The number of alkyl carbamates (subject to hydrolysis) is 1. The van der Waals surface area contributed by atoms with Crippen molar-refractivity contribution in [3.05, 3.63) is 141 Å². The van der Waals surface area contributed by atoms with Gasteiger partial charge in [-0.15, -0.1) is 0 Å². The Morgan fingerprint density at radius 1 is 0.515 bits per heavy atom. The normalized spacial score (nSPS) is 13.4. The highest BCUT2D eigenvalue weighted by atomic mass is 28.4. The Hall–Kier alpha value is -7.17. The van der Waals surface area contributed by atoms with Crippen LogP contribution < -0.4 is 21.3 Å². The number of hydrogen-bond acceptors (Lipinski definition) is 10. The summed E-state index contributed by atoms with van der Waals surface area (Å²) in [7, 11) is -2.50. The molecule has 0 saturated carbocycles. The number of carboxylic acid groups (broad SMARTS) is 1. The molecule has 0 aromatic heterocycles. The molecule has 0 unspecified atom stereocenters. The predicted octanol–water partition coefficient (Wildman–Crippen LogP) is 15.2. The number of ether oxygens (including phenoxy) is 1. The van der Waals surface area contributed by atoms with Gasteiger partial charge in [0, 0.05) is 85.5 Å². The van der Waals surface area contributed by atoms with Gasteiger partial charge in [-0.1, -0.05) is 75.2 Å². The van der Waals surface area contributed by atoms with E-state index in [1.54, 1.807) is 74.8 Å². The molecule has 0 aliphatic rings. The first kappa shape index (κ1) is 85.9. The van der Waals surface area contributed by atoms with Crippen molar-refractivity contribution in [1.82, 2.24) is 31.1 Å². The Balaban J connectivity index is 0.000000607. The van der Waals surface area contributed by atoms with E-state index in [9.17, 15) is 56.2 Å². The smallest absolute Gasteiger partial charge is 0.407 e. The van der Waals surface area contributed by atoms with E-state index in [-0.39, 0.29) is 65.1 Å². The fraction of sp³-hybridized carbons (Fsp3) is 0.587. The first-order valence-electron chi connectivity index (χ1n) is 34.5. The van der Waals surface area contributed by atoms with Crippen molar-refractivity contribution in [3.63, 3.8) is 0 Å². The fourth-order valence-corrected chi connectivity index (χ4v) is 11.9. The molecule has 17 nitrogen and oxygen atoms in total. The molecule has 0 aliphatic carbocycles. The van der Waals surface area contributed by atoms with Gasteiger partial charge in [0.2, 0.25) is 5.91 Å². The molecule has 4 rings (SSSR count). The Kier molecular flexibility index (Phi) is 37.1. The van der Waals surface area contributed by atoms with Crippen molar-refractivity contribution in [2.75, 3.05) is 26.2 Å². The summed E-state index contributed by atoms with van der Waals surface area (Å²) < 4.78 is 69.1. The Labute approximate surface area is 576 Å². The van der Waals surface area contributed by atoms with E-state index in [0.29, 0.717) is 55.7 Å². The summed E-state index contributed by atoms with van der Waals surface area (Å²) in [5, 5.41) is 30.6. The lowest BCUT2D eigenvalue weighted by Gasteiger charge is -2.42. The van der Waals surface area contributed by atoms with E-state index in [2.05, 4.69) is 55.1 Å². The van der Waals surface area contributed by atoms with E-state index < -0.39 is 97.4 Å². The SMILES string of the molecule is CCCCC(=O)N[C@@H](C)C[C@H](O)[C@H](Cc1cc(F)cc(F)c1)NC(=O)c1cc(C)cc(C(=O)N(CCC)CCC)c1.CCCCC(=O)O.CCCN(CCC)C(=O)c1cc(C)cc(C(=O)N[C@@H](Cc2cc(F)cc(F)c2)[C@H](C[C@H](C)NC(=O)OC(C)(C)C)O[Si](C)(C)C(C)(C)C)c1. The lowest BCUT2D eigenvalue weighted by molar-refractivity contribution is -0.137. The third-order valence-corrected chi connectivity index (χ3v) is 20.6. The van der Waals surface area contributed by atoms with E-state index in [1.807, 2.05) is 55.4 Å². The number of aliphatic hydroxyl groups excluding tert-OH is 1. The van der Waals surface area contributed by atoms with Crippen LogP contribution in [0.3, 0.4) is 0 Å². The van der Waals surface area contributed by atoms with Gasteiger partial charge >= 0.3 is 12.1 Å². The summed E-state index contributed by atoms with van der Waals surface area (Å²) in [6, 6.07) is 13.8. The molecule has 22 heteroatoms. The second kappa shape index (κ2) is 41.9. The molecule has 97 heavy (non-hydrogen) atoms. The monoisotopic (exact) mass is 1380 g/mol. The quantitative estimate of drug-likeness (QED) is 0.0190. The molecule has 0 bridgehead atoms. The van der Waals surface area contributed by atoms with E-state index >= 15 is 0 Å². The second-order valence-corrected chi connectivity index (χ2v) is 32.7. The van der Waals surface area contributed by atoms with Crippen molar-refractivity contribution in [2.45, 2.75) is 261 Å². The molecule has 542 valence electrons. The molecular formula is C75H114F4N6O11Si. The van der Waals surface area contributed by atoms with Crippen LogP contribution in [-0.4, -0.2) is 138 Å². The average Bonchev–Trinajstić information content (AvgIpc) is 0.828. The molecule has 0 saturated heterocycles. The van der Waals surface area contributed by atoms with E-state index in [0.717, 1.165) is 86.8 Å². The van der Waals surface area contributed by atoms with Crippen molar-refractivity contribution in [1.29, 1.82) is 0 Å². The third kappa shape index (κ3) is 32.4. The highest BCUT2D eigenvalue weighted by Crippen LogP contribution is 2.39. The maximum atomic E-state index is 14.4. The zero-order valence-electron chi connectivity index (χ0n) is 61.1. The Morgan fingerprint density at radius 3 is 1.27 bits per heavy atom. The first-order valence-corrected chi connectivity index (χ1v) is 37.4. The average molecular weight is 1380 g/mol. The number of rotatable bonds is 34. The number of aliphatic hydroxyl groups is 1. The standard InChI is InChI=1S/C38H59F2N3O5Si.C32H45F2N3O4.C5H10O2/c1-13-15-43(16-14-2)35(45)29-18-25(3)17-28(23-29)34(44)42-32(22-27-20-30(39)24-31(40)21-27)33(48-49(11,12)38(8,9)10)19-26(4)41-36(46)47-37(5,6)7;1-6-9-10-30(39)35-22(5)15-29(38)28(18-23-16-26(33)20-27(34)17-23)36-31(40)24-13-21(4)14-25(19-24)32(41)37(11-7-2)12-8-3;1-2-3-4-5(6)7/h17-18,20-21,23-24,26,32-33H,13-16,19,22H2,1-12H3,(H,41,46)(H,42,44);13-14,16-17,19-20,22,28-29,38H,6-12,15,18H2,1-5H3,(H,35,39)(H,36,40);2-4H2,1H3,(H,6,7)/t26-,32-,33-;22-,28-,29-;/m00./s1. The number of aryl methyl sites for hydroxylation is 2. The van der Waals surface area contributed by atoms with Crippen molar-refractivity contribution >= 4 is 49.9 Å². The molecule has 0 fully saturated rings. The highest BCUT2D eigenvalue weighted by Gasteiger charge is 2.42. The lowest BCUT2D eigenvalue weighted by Crippen LogP contribution is -2.54. The van der Waals surface area contributed by atoms with Crippen molar-refractivity contribution < 1.29 is 70.5 Å². The van der Waals surface area contributed by atoms with Crippen LogP contribution in [0.15, 0.2) is 72.8 Å². The first-order chi connectivity index (χ1) is 45.3. The molecule has 4 aromatic rings. The maximum Gasteiger partial charge on any atom is 0.407 e. The van der Waals surface area contributed by atoms with Crippen molar-refractivity contribution in [2.24, 2.45) is 0 Å². The summed E-state index contributed by atoms with van der Waals surface area (Å²) in [5.74, 6) is -5.09. The minimum atomic E-state index is -2.50. The van der Waals surface area contributed by atoms with Gasteiger partial charge in [-0.2, -0.15) is 0 Å². The molecule has 0 heterocycles. The number of carbonyl (C=O) groups excluding carboxylic acids is 6. The van der Waals surface area contributed by atoms with Gasteiger partial charge in [0.05, 0.1) is 24.3 Å². The number of aliphatic carboxylic acids is 1. The molecule has 6 amide bonds. The molecule has 6 N–H and O–H groups in total. The number of halogens is 4. The van der Waals surface area contributed by atoms with Gasteiger partial charge < -0.3 is 50.4 Å². The number of amides is 6. The largest absolute Gasteiger partial charge is 0.481 e. The fourth-order valence-electron chi connectivity index (χ4n) is 10.5. The van der Waals surface area contributed by atoms with E-state index in [4.69, 9.17) is 14.3 Å². The van der Waals surface area contributed by atoms with Crippen LogP contribution >= 0.6 is 0 Å². The maximum absolute atomic E-state index is 14.4. The number of nitrogens with zero attached hydrogens (tertiary/aromatic N) is 2. The van der Waals surface area contributed by atoms with Crippen LogP contribution in [0.25, 0.3) is 0 Å². The van der Waals surface area contributed by atoms with Crippen LogP contribution in [0.5, 0.6) is 0 Å². The zero-order chi connectivity index (χ0) is 73.5. The number of unbranched alkanes of at least 4 members (excludes halogenated alkanes) is 2.